The van der Waals surface area contributed by atoms with Crippen LogP contribution in [0.15, 0.2) is 30.3 Å². The van der Waals surface area contributed by atoms with Gasteiger partial charge in [0, 0.05) is 24.1 Å². The Morgan fingerprint density at radius 3 is 2.72 bits per heavy atom. The second-order valence-electron chi connectivity index (χ2n) is 3.64. The fourth-order valence-electron chi connectivity index (χ4n) is 1.29. The molecule has 0 aliphatic carbocycles. The average Bonchev–Trinajstić information content (AvgIpc) is 2.33. The van der Waals surface area contributed by atoms with Crippen molar-refractivity contribution in [3.05, 3.63) is 40.9 Å². The summed E-state index contributed by atoms with van der Waals surface area (Å²) in [4.78, 5) is 21.6. The first kappa shape index (κ1) is 14.3. The van der Waals surface area contributed by atoms with Crippen molar-refractivity contribution in [3.63, 3.8) is 0 Å². The Bertz CT molecular complexity index is 457. The van der Waals surface area contributed by atoms with Crippen LogP contribution in [0.25, 0.3) is 6.08 Å². The first-order chi connectivity index (χ1) is 8.59. The molecule has 0 heterocycles. The number of halogens is 1. The molecule has 1 aromatic carbocycles. The van der Waals surface area contributed by atoms with E-state index in [-0.39, 0.29) is 12.3 Å². The zero-order chi connectivity index (χ0) is 13.4. The number of hydrogen-bond acceptors (Lipinski definition) is 2. The highest BCUT2D eigenvalue weighted by Gasteiger charge is 1.99. The molecule has 0 aliphatic rings. The number of aliphatic carboxylic acids is 1. The third kappa shape index (κ3) is 5.50. The van der Waals surface area contributed by atoms with Gasteiger partial charge >= 0.3 is 5.97 Å². The molecular formula is C13H14ClNO3. The fourth-order valence-corrected chi connectivity index (χ4v) is 1.48. The predicted molar refractivity (Wildman–Crippen MR) is 70.4 cm³/mol. The summed E-state index contributed by atoms with van der Waals surface area (Å²) in [6.07, 6.45) is 3.46. The van der Waals surface area contributed by atoms with Crippen LogP contribution in [0.2, 0.25) is 5.02 Å². The van der Waals surface area contributed by atoms with Crippen LogP contribution < -0.4 is 5.32 Å². The van der Waals surface area contributed by atoms with Gasteiger partial charge in [-0.3, -0.25) is 9.59 Å². The van der Waals surface area contributed by atoms with E-state index in [1.54, 1.807) is 18.2 Å². The van der Waals surface area contributed by atoms with E-state index in [0.29, 0.717) is 18.0 Å². The quantitative estimate of drug-likeness (QED) is 0.614. The summed E-state index contributed by atoms with van der Waals surface area (Å²) in [5.41, 5.74) is 0.764. The van der Waals surface area contributed by atoms with Crippen molar-refractivity contribution in [1.82, 2.24) is 5.32 Å². The van der Waals surface area contributed by atoms with Gasteiger partial charge in [0.1, 0.15) is 0 Å². The van der Waals surface area contributed by atoms with E-state index in [2.05, 4.69) is 5.32 Å². The average molecular weight is 268 g/mol. The molecule has 0 saturated heterocycles. The Hall–Kier alpha value is -1.81. The van der Waals surface area contributed by atoms with Gasteiger partial charge in [0.05, 0.1) is 0 Å². The molecule has 1 amide bonds. The maximum absolute atomic E-state index is 11.4. The number of hydrogen-bond donors (Lipinski definition) is 2. The smallest absolute Gasteiger partial charge is 0.303 e. The van der Waals surface area contributed by atoms with Crippen molar-refractivity contribution in [2.24, 2.45) is 0 Å². The molecule has 4 nitrogen and oxygen atoms in total. The molecule has 1 aromatic rings. The lowest BCUT2D eigenvalue weighted by molar-refractivity contribution is -0.137. The molecule has 0 saturated carbocycles. The van der Waals surface area contributed by atoms with Gasteiger partial charge in [0.2, 0.25) is 5.91 Å². The molecule has 0 aromatic heterocycles. The molecule has 0 spiro atoms. The van der Waals surface area contributed by atoms with E-state index in [1.807, 2.05) is 12.1 Å². The number of rotatable bonds is 6. The molecule has 0 bridgehead atoms. The molecule has 2 N–H and O–H groups in total. The van der Waals surface area contributed by atoms with E-state index in [1.165, 1.54) is 6.08 Å². The lowest BCUT2D eigenvalue weighted by Crippen LogP contribution is -2.22. The Kier molecular flexibility index (Phi) is 5.94. The Labute approximate surface area is 110 Å². The molecule has 0 atom stereocenters. The maximum atomic E-state index is 11.4. The standard InChI is InChI=1S/C13H14ClNO3/c14-11-5-2-1-4-10(11)7-8-12(16)15-9-3-6-13(17)18/h1-2,4-5,7-8H,3,6,9H2,(H,15,16)(H,17,18). The molecule has 5 heteroatoms. The molecule has 0 radical (unpaired) electrons. The van der Waals surface area contributed by atoms with Crippen LogP contribution in [0.4, 0.5) is 0 Å². The summed E-state index contributed by atoms with van der Waals surface area (Å²) in [5, 5.41) is 11.6. The molecule has 96 valence electrons. The number of carbonyl (C=O) groups is 2. The van der Waals surface area contributed by atoms with Crippen LogP contribution in [0.1, 0.15) is 18.4 Å². The second kappa shape index (κ2) is 7.50. The fraction of sp³-hybridized carbons (Fsp3) is 0.231. The Morgan fingerprint density at radius 1 is 1.33 bits per heavy atom. The number of carbonyl (C=O) groups excluding carboxylic acids is 1. The lowest BCUT2D eigenvalue weighted by Gasteiger charge is -2.00. The lowest BCUT2D eigenvalue weighted by atomic mass is 10.2. The first-order valence-corrected chi connectivity index (χ1v) is 5.89. The van der Waals surface area contributed by atoms with Crippen LogP contribution in [-0.4, -0.2) is 23.5 Å². The van der Waals surface area contributed by atoms with Gasteiger partial charge in [-0.15, -0.1) is 0 Å². The molecule has 18 heavy (non-hydrogen) atoms. The third-order valence-corrected chi connectivity index (χ3v) is 2.53. The van der Waals surface area contributed by atoms with Gasteiger partial charge in [0.25, 0.3) is 0 Å². The highest BCUT2D eigenvalue weighted by atomic mass is 35.5. The Morgan fingerprint density at radius 2 is 2.06 bits per heavy atom. The zero-order valence-corrected chi connectivity index (χ0v) is 10.5. The number of carboxylic acid groups (broad SMARTS) is 1. The van der Waals surface area contributed by atoms with E-state index >= 15 is 0 Å². The number of carboxylic acids is 1. The van der Waals surface area contributed by atoms with Gasteiger partial charge in [-0.1, -0.05) is 29.8 Å². The van der Waals surface area contributed by atoms with Crippen LogP contribution in [0.3, 0.4) is 0 Å². The van der Waals surface area contributed by atoms with Crippen molar-refractivity contribution in [3.8, 4) is 0 Å². The summed E-state index contributed by atoms with van der Waals surface area (Å²) in [6.45, 7) is 0.345. The summed E-state index contributed by atoms with van der Waals surface area (Å²) in [5.74, 6) is -1.13. The molecule has 1 rings (SSSR count). The number of benzene rings is 1. The van der Waals surface area contributed by atoms with Gasteiger partial charge < -0.3 is 10.4 Å². The van der Waals surface area contributed by atoms with Crippen molar-refractivity contribution in [2.75, 3.05) is 6.54 Å². The molecule has 0 unspecified atom stereocenters. The van der Waals surface area contributed by atoms with Crippen LogP contribution >= 0.6 is 11.6 Å². The summed E-state index contributed by atoms with van der Waals surface area (Å²) < 4.78 is 0. The van der Waals surface area contributed by atoms with Gasteiger partial charge in [0.15, 0.2) is 0 Å². The van der Waals surface area contributed by atoms with E-state index in [0.717, 1.165) is 5.56 Å². The second-order valence-corrected chi connectivity index (χ2v) is 4.05. The van der Waals surface area contributed by atoms with E-state index in [9.17, 15) is 9.59 Å². The first-order valence-electron chi connectivity index (χ1n) is 5.52. The SMILES string of the molecule is O=C(O)CCCNC(=O)C=Cc1ccccc1Cl. The highest BCUT2D eigenvalue weighted by Crippen LogP contribution is 2.15. The zero-order valence-electron chi connectivity index (χ0n) is 9.73. The van der Waals surface area contributed by atoms with Crippen LogP contribution in [0, 0.1) is 0 Å². The summed E-state index contributed by atoms with van der Waals surface area (Å²) in [7, 11) is 0. The van der Waals surface area contributed by atoms with Crippen molar-refractivity contribution < 1.29 is 14.7 Å². The van der Waals surface area contributed by atoms with Crippen molar-refractivity contribution >= 4 is 29.6 Å². The monoisotopic (exact) mass is 267 g/mol. The number of amides is 1. The highest BCUT2D eigenvalue weighted by molar-refractivity contribution is 6.32. The third-order valence-electron chi connectivity index (χ3n) is 2.19. The van der Waals surface area contributed by atoms with Crippen molar-refractivity contribution in [1.29, 1.82) is 0 Å². The normalized spacial score (nSPS) is 10.5. The number of nitrogens with one attached hydrogen (secondary N) is 1. The van der Waals surface area contributed by atoms with Crippen LogP contribution in [0.5, 0.6) is 0 Å². The Balaban J connectivity index is 2.36. The van der Waals surface area contributed by atoms with Gasteiger partial charge in [-0.25, -0.2) is 0 Å². The van der Waals surface area contributed by atoms with Gasteiger partial charge in [-0.2, -0.15) is 0 Å². The van der Waals surface area contributed by atoms with E-state index in [4.69, 9.17) is 16.7 Å². The molecular weight excluding hydrogens is 254 g/mol. The predicted octanol–water partition coefficient (Wildman–Crippen LogP) is 2.33. The van der Waals surface area contributed by atoms with Gasteiger partial charge in [-0.05, 0) is 24.1 Å². The minimum Gasteiger partial charge on any atom is -0.481 e. The summed E-state index contributed by atoms with van der Waals surface area (Å²) >= 11 is 5.92. The molecule has 0 aliphatic heterocycles. The topological polar surface area (TPSA) is 66.4 Å². The maximum Gasteiger partial charge on any atom is 0.303 e. The largest absolute Gasteiger partial charge is 0.481 e. The van der Waals surface area contributed by atoms with Crippen molar-refractivity contribution in [2.45, 2.75) is 12.8 Å². The summed E-state index contributed by atoms with van der Waals surface area (Å²) in [6, 6.07) is 7.19. The van der Waals surface area contributed by atoms with Crippen LogP contribution in [-0.2, 0) is 9.59 Å². The molecule has 0 fully saturated rings. The minimum atomic E-state index is -0.865. The minimum absolute atomic E-state index is 0.0501. The van der Waals surface area contributed by atoms with E-state index < -0.39 is 5.97 Å².